The molecule has 0 aromatic carbocycles. The van der Waals surface area contributed by atoms with Gasteiger partial charge in [0.25, 0.3) is 10.0 Å². The molecule has 0 amide bonds. The summed E-state index contributed by atoms with van der Waals surface area (Å²) in [6, 6.07) is 1.80. The topological polar surface area (TPSA) is 106 Å². The quantitative estimate of drug-likeness (QED) is 0.750. The third-order valence-electron chi connectivity index (χ3n) is 2.67. The van der Waals surface area contributed by atoms with Gasteiger partial charge in [-0.15, -0.1) is 0 Å². The van der Waals surface area contributed by atoms with Crippen LogP contribution in [-0.2, 0) is 14.8 Å². The van der Waals surface area contributed by atoms with E-state index in [2.05, 4.69) is 4.72 Å². The number of aromatic carboxylic acids is 1. The molecule has 1 rings (SSSR count). The molecule has 114 valence electrons. The van der Waals surface area contributed by atoms with Crippen LogP contribution in [0.15, 0.2) is 21.6 Å². The number of carboxylic acids is 1. The van der Waals surface area contributed by atoms with Crippen LogP contribution in [0.5, 0.6) is 0 Å². The van der Waals surface area contributed by atoms with Crippen LogP contribution in [0.3, 0.4) is 0 Å². The van der Waals surface area contributed by atoms with Crippen molar-refractivity contribution in [1.82, 2.24) is 4.72 Å². The number of ether oxygens (including phenoxy) is 1. The molecule has 0 fully saturated rings. The first-order valence-corrected chi connectivity index (χ1v) is 7.69. The van der Waals surface area contributed by atoms with Gasteiger partial charge in [0, 0.05) is 12.6 Å². The molecule has 0 aliphatic heterocycles. The number of carbonyl (C=O) groups is 1. The third-order valence-corrected chi connectivity index (χ3v) is 4.03. The Bertz CT molecular complexity index is 548. The zero-order chi connectivity index (χ0) is 15.3. The molecule has 8 heteroatoms. The van der Waals surface area contributed by atoms with Crippen LogP contribution in [0.1, 0.15) is 31.3 Å². The Kier molecular flexibility index (Phi) is 5.73. The lowest BCUT2D eigenvalue weighted by atomic mass is 10.1. The Hall–Kier alpha value is -1.38. The van der Waals surface area contributed by atoms with E-state index in [1.54, 1.807) is 0 Å². The molecule has 1 aromatic rings. The molecular formula is C12H19NO6S. The molecule has 1 heterocycles. The van der Waals surface area contributed by atoms with Crippen LogP contribution in [0.25, 0.3) is 0 Å². The first-order valence-electron chi connectivity index (χ1n) is 6.21. The van der Waals surface area contributed by atoms with E-state index in [1.807, 2.05) is 20.8 Å². The average Bonchev–Trinajstić information content (AvgIpc) is 2.84. The Labute approximate surface area is 118 Å². The molecule has 0 bridgehead atoms. The monoisotopic (exact) mass is 305 g/mol. The summed E-state index contributed by atoms with van der Waals surface area (Å²) < 4.78 is 36.7. The minimum absolute atomic E-state index is 0.0187. The summed E-state index contributed by atoms with van der Waals surface area (Å²) in [6.45, 7) is 6.25. The highest BCUT2D eigenvalue weighted by molar-refractivity contribution is 7.89. The van der Waals surface area contributed by atoms with Crippen LogP contribution in [0.4, 0.5) is 0 Å². The molecule has 0 spiro atoms. The molecule has 20 heavy (non-hydrogen) atoms. The number of hydrogen-bond donors (Lipinski definition) is 2. The lowest BCUT2D eigenvalue weighted by Crippen LogP contribution is -2.41. The van der Waals surface area contributed by atoms with Crippen molar-refractivity contribution in [3.63, 3.8) is 0 Å². The fourth-order valence-electron chi connectivity index (χ4n) is 1.44. The van der Waals surface area contributed by atoms with Gasteiger partial charge in [0.1, 0.15) is 0 Å². The molecule has 2 N–H and O–H groups in total. The summed E-state index contributed by atoms with van der Waals surface area (Å²) in [4.78, 5) is 10.7. The van der Waals surface area contributed by atoms with Gasteiger partial charge in [-0.1, -0.05) is 13.8 Å². The number of furan rings is 1. The standard InChI is InChI=1S/C12H19NO6S/c1-4-18-7-9(8(2)3)13-20(16,17)11-6-5-10(19-11)12(14)15/h5-6,8-9,13H,4,7H2,1-3H3,(H,14,15). The van der Waals surface area contributed by atoms with Crippen molar-refractivity contribution in [3.8, 4) is 0 Å². The maximum Gasteiger partial charge on any atom is 0.371 e. The maximum absolute atomic E-state index is 12.1. The van der Waals surface area contributed by atoms with Crippen molar-refractivity contribution < 1.29 is 27.5 Å². The van der Waals surface area contributed by atoms with Gasteiger partial charge in [0.2, 0.25) is 10.9 Å². The van der Waals surface area contributed by atoms with Crippen molar-refractivity contribution in [2.24, 2.45) is 5.92 Å². The second-order valence-corrected chi connectivity index (χ2v) is 6.20. The number of rotatable bonds is 8. The number of sulfonamides is 1. The van der Waals surface area contributed by atoms with E-state index < -0.39 is 32.9 Å². The zero-order valence-corrected chi connectivity index (χ0v) is 12.4. The Morgan fingerprint density at radius 3 is 2.55 bits per heavy atom. The fourth-order valence-corrected chi connectivity index (χ4v) is 2.75. The lowest BCUT2D eigenvalue weighted by Gasteiger charge is -2.21. The first kappa shape index (κ1) is 16.7. The molecule has 0 aliphatic rings. The summed E-state index contributed by atoms with van der Waals surface area (Å²) in [7, 11) is -3.91. The molecule has 7 nitrogen and oxygen atoms in total. The van der Waals surface area contributed by atoms with Crippen molar-refractivity contribution in [2.75, 3.05) is 13.2 Å². The fraction of sp³-hybridized carbons (Fsp3) is 0.583. The van der Waals surface area contributed by atoms with Crippen LogP contribution in [0, 0.1) is 5.92 Å². The zero-order valence-electron chi connectivity index (χ0n) is 11.6. The van der Waals surface area contributed by atoms with Gasteiger partial charge in [-0.05, 0) is 25.0 Å². The normalized spacial score (nSPS) is 13.6. The maximum atomic E-state index is 12.1. The molecule has 1 aromatic heterocycles. The first-order chi connectivity index (χ1) is 9.27. The minimum atomic E-state index is -3.91. The highest BCUT2D eigenvalue weighted by Crippen LogP contribution is 2.15. The van der Waals surface area contributed by atoms with E-state index in [0.29, 0.717) is 6.61 Å². The summed E-state index contributed by atoms with van der Waals surface area (Å²) in [5.74, 6) is -1.72. The summed E-state index contributed by atoms with van der Waals surface area (Å²) in [6.07, 6.45) is 0. The van der Waals surface area contributed by atoms with E-state index in [0.717, 1.165) is 12.1 Å². The van der Waals surface area contributed by atoms with Gasteiger partial charge in [-0.3, -0.25) is 0 Å². The number of hydrogen-bond acceptors (Lipinski definition) is 5. The van der Waals surface area contributed by atoms with Gasteiger partial charge in [0.15, 0.2) is 0 Å². The van der Waals surface area contributed by atoms with Crippen LogP contribution in [0.2, 0.25) is 0 Å². The predicted octanol–water partition coefficient (Wildman–Crippen LogP) is 1.32. The van der Waals surface area contributed by atoms with Crippen molar-refractivity contribution in [3.05, 3.63) is 17.9 Å². The SMILES string of the molecule is CCOCC(NS(=O)(=O)c1ccc(C(=O)O)o1)C(C)C. The Balaban J connectivity index is 2.88. The van der Waals surface area contributed by atoms with Crippen molar-refractivity contribution in [1.29, 1.82) is 0 Å². The second-order valence-electron chi connectivity index (χ2n) is 4.56. The van der Waals surface area contributed by atoms with E-state index in [1.165, 1.54) is 0 Å². The summed E-state index contributed by atoms with van der Waals surface area (Å²) in [5, 5.41) is 8.30. The predicted molar refractivity (Wildman–Crippen MR) is 71.1 cm³/mol. The molecular weight excluding hydrogens is 286 g/mol. The van der Waals surface area contributed by atoms with Crippen LogP contribution < -0.4 is 4.72 Å². The van der Waals surface area contributed by atoms with Crippen LogP contribution in [-0.4, -0.2) is 38.7 Å². The minimum Gasteiger partial charge on any atom is -0.475 e. The smallest absolute Gasteiger partial charge is 0.371 e. The lowest BCUT2D eigenvalue weighted by molar-refractivity contribution is 0.0656. The van der Waals surface area contributed by atoms with Gasteiger partial charge >= 0.3 is 5.97 Å². The molecule has 0 saturated carbocycles. The largest absolute Gasteiger partial charge is 0.475 e. The average molecular weight is 305 g/mol. The third kappa shape index (κ3) is 4.32. The molecule has 0 radical (unpaired) electrons. The Morgan fingerprint density at radius 1 is 1.45 bits per heavy atom. The van der Waals surface area contributed by atoms with E-state index >= 15 is 0 Å². The molecule has 0 aliphatic carbocycles. The highest BCUT2D eigenvalue weighted by Gasteiger charge is 2.26. The molecule has 1 atom stereocenters. The summed E-state index contributed by atoms with van der Waals surface area (Å²) >= 11 is 0. The van der Waals surface area contributed by atoms with E-state index in [4.69, 9.17) is 14.3 Å². The van der Waals surface area contributed by atoms with Gasteiger partial charge in [-0.25, -0.2) is 17.9 Å². The highest BCUT2D eigenvalue weighted by atomic mass is 32.2. The van der Waals surface area contributed by atoms with Gasteiger partial charge < -0.3 is 14.3 Å². The molecule has 0 saturated heterocycles. The Morgan fingerprint density at radius 2 is 2.10 bits per heavy atom. The van der Waals surface area contributed by atoms with Crippen molar-refractivity contribution >= 4 is 16.0 Å². The van der Waals surface area contributed by atoms with Crippen LogP contribution >= 0.6 is 0 Å². The second kappa shape index (κ2) is 6.87. The number of nitrogens with one attached hydrogen (secondary N) is 1. The van der Waals surface area contributed by atoms with Crippen molar-refractivity contribution in [2.45, 2.75) is 31.9 Å². The summed E-state index contributed by atoms with van der Waals surface area (Å²) in [5.41, 5.74) is 0. The van der Waals surface area contributed by atoms with E-state index in [9.17, 15) is 13.2 Å². The van der Waals surface area contributed by atoms with Gasteiger partial charge in [-0.2, -0.15) is 0 Å². The van der Waals surface area contributed by atoms with Gasteiger partial charge in [0.05, 0.1) is 6.61 Å². The molecule has 1 unspecified atom stereocenters. The number of carboxylic acid groups (broad SMARTS) is 1. The van der Waals surface area contributed by atoms with E-state index in [-0.39, 0.29) is 12.5 Å².